The Hall–Kier alpha value is -3.75. The number of aromatic nitrogens is 3. The largest absolute Gasteiger partial charge is 0.491 e. The van der Waals surface area contributed by atoms with Crippen LogP contribution in [-0.2, 0) is 16.0 Å². The van der Waals surface area contributed by atoms with Crippen molar-refractivity contribution in [3.63, 3.8) is 0 Å². The van der Waals surface area contributed by atoms with Gasteiger partial charge in [-0.15, -0.1) is 0 Å². The maximum absolute atomic E-state index is 12.5. The molecule has 1 aliphatic rings. The fourth-order valence-corrected chi connectivity index (χ4v) is 4.35. The van der Waals surface area contributed by atoms with E-state index in [2.05, 4.69) is 22.3 Å². The lowest BCUT2D eigenvalue weighted by molar-refractivity contribution is 0.0853. The summed E-state index contributed by atoms with van der Waals surface area (Å²) in [6, 6.07) is 19.2. The highest BCUT2D eigenvalue weighted by Gasteiger charge is 2.17. The smallest absolute Gasteiger partial charge is 0.258 e. The van der Waals surface area contributed by atoms with Gasteiger partial charge in [0.25, 0.3) is 11.4 Å². The van der Waals surface area contributed by atoms with Crippen LogP contribution in [0.5, 0.6) is 5.75 Å². The van der Waals surface area contributed by atoms with Gasteiger partial charge in [-0.05, 0) is 60.2 Å². The topological polar surface area (TPSA) is 88.6 Å². The van der Waals surface area contributed by atoms with Crippen LogP contribution >= 0.6 is 0 Å². The molecule has 8 nitrogen and oxygen atoms in total. The van der Waals surface area contributed by atoms with Crippen molar-refractivity contribution in [2.45, 2.75) is 25.3 Å². The van der Waals surface area contributed by atoms with Gasteiger partial charge in [-0.2, -0.15) is 4.98 Å². The molecule has 0 saturated carbocycles. The number of benzene rings is 2. The summed E-state index contributed by atoms with van der Waals surface area (Å²) in [7, 11) is 1.63. The van der Waals surface area contributed by atoms with E-state index in [1.54, 1.807) is 23.9 Å². The second kappa shape index (κ2) is 11.3. The molecular formula is C28H29N3O5. The number of ether oxygens (including phenoxy) is 3. The zero-order valence-corrected chi connectivity index (χ0v) is 20.3. The maximum atomic E-state index is 12.5. The molecule has 0 radical (unpaired) electrons. The molecule has 2 aromatic heterocycles. The van der Waals surface area contributed by atoms with Crippen molar-refractivity contribution in [3.8, 4) is 28.6 Å². The number of hydrogen-bond donors (Lipinski definition) is 0. The molecule has 186 valence electrons. The molecule has 0 amide bonds. The molecule has 5 rings (SSSR count). The summed E-state index contributed by atoms with van der Waals surface area (Å²) in [4.78, 5) is 17.1. The second-order valence-electron chi connectivity index (χ2n) is 8.80. The predicted molar refractivity (Wildman–Crippen MR) is 135 cm³/mol. The Labute approximate surface area is 209 Å². The van der Waals surface area contributed by atoms with Gasteiger partial charge in [0.05, 0.1) is 13.2 Å². The average Bonchev–Trinajstić information content (AvgIpc) is 3.41. The van der Waals surface area contributed by atoms with E-state index in [4.69, 9.17) is 18.7 Å². The Bertz CT molecular complexity index is 1340. The second-order valence-corrected chi connectivity index (χ2v) is 8.80. The SMILES string of the molecule is COCCOc1cccc(Cn2cc(-c3noc(-c4ccc(C5CCOCC5)cc4)n3)ccc2=O)c1. The minimum absolute atomic E-state index is 0.114. The minimum Gasteiger partial charge on any atom is -0.491 e. The van der Waals surface area contributed by atoms with E-state index in [1.807, 2.05) is 36.4 Å². The third kappa shape index (κ3) is 5.72. The van der Waals surface area contributed by atoms with Gasteiger partial charge >= 0.3 is 0 Å². The molecule has 1 fully saturated rings. The fourth-order valence-electron chi connectivity index (χ4n) is 4.35. The molecule has 0 atom stereocenters. The molecule has 1 aliphatic heterocycles. The third-order valence-electron chi connectivity index (χ3n) is 6.33. The molecule has 1 saturated heterocycles. The van der Waals surface area contributed by atoms with Gasteiger partial charge < -0.3 is 23.3 Å². The molecule has 0 aliphatic carbocycles. The van der Waals surface area contributed by atoms with Gasteiger partial charge in [0.1, 0.15) is 12.4 Å². The summed E-state index contributed by atoms with van der Waals surface area (Å²) >= 11 is 0. The Kier molecular flexibility index (Phi) is 7.54. The first-order valence-electron chi connectivity index (χ1n) is 12.1. The molecule has 8 heteroatoms. The maximum Gasteiger partial charge on any atom is 0.258 e. The number of hydrogen-bond acceptors (Lipinski definition) is 7. The standard InChI is InChI=1S/C28H29N3O5/c1-33-15-16-35-25-4-2-3-20(17-25)18-31-19-24(9-10-26(31)32)27-29-28(36-30-27)23-7-5-21(6-8-23)22-11-13-34-14-12-22/h2-10,17,19,22H,11-16,18H2,1H3. The van der Waals surface area contributed by atoms with E-state index < -0.39 is 0 Å². The van der Waals surface area contributed by atoms with Crippen molar-refractivity contribution in [2.75, 3.05) is 33.5 Å². The normalized spacial score (nSPS) is 14.1. The molecule has 36 heavy (non-hydrogen) atoms. The molecule has 0 spiro atoms. The van der Waals surface area contributed by atoms with Crippen molar-refractivity contribution in [2.24, 2.45) is 0 Å². The van der Waals surface area contributed by atoms with Crippen LogP contribution in [-0.4, -0.2) is 48.2 Å². The first kappa shape index (κ1) is 24.0. The molecule has 0 N–H and O–H groups in total. The van der Waals surface area contributed by atoms with Crippen LogP contribution in [0.2, 0.25) is 0 Å². The zero-order chi connectivity index (χ0) is 24.7. The van der Waals surface area contributed by atoms with E-state index in [-0.39, 0.29) is 5.56 Å². The Morgan fingerprint density at radius 3 is 2.61 bits per heavy atom. The highest BCUT2D eigenvalue weighted by Crippen LogP contribution is 2.29. The summed E-state index contributed by atoms with van der Waals surface area (Å²) in [5.41, 5.74) is 3.71. The Balaban J connectivity index is 1.31. The van der Waals surface area contributed by atoms with Crippen LogP contribution in [0.15, 0.2) is 76.2 Å². The van der Waals surface area contributed by atoms with Gasteiger partial charge in [0, 0.05) is 43.7 Å². The fraction of sp³-hybridized carbons (Fsp3) is 0.321. The highest BCUT2D eigenvalue weighted by atomic mass is 16.5. The molecule has 2 aromatic carbocycles. The average molecular weight is 488 g/mol. The minimum atomic E-state index is -0.114. The van der Waals surface area contributed by atoms with Crippen LogP contribution in [0, 0.1) is 0 Å². The number of pyridine rings is 1. The van der Waals surface area contributed by atoms with Crippen molar-refractivity contribution >= 4 is 0 Å². The van der Waals surface area contributed by atoms with Crippen molar-refractivity contribution in [1.29, 1.82) is 0 Å². The van der Waals surface area contributed by atoms with E-state index in [9.17, 15) is 4.79 Å². The van der Waals surface area contributed by atoms with Crippen LogP contribution in [0.1, 0.15) is 29.9 Å². The van der Waals surface area contributed by atoms with E-state index in [0.717, 1.165) is 42.9 Å². The summed E-state index contributed by atoms with van der Waals surface area (Å²) in [6.07, 6.45) is 3.85. The predicted octanol–water partition coefficient (Wildman–Crippen LogP) is 4.53. The molecule has 4 aromatic rings. The zero-order valence-electron chi connectivity index (χ0n) is 20.3. The first-order valence-corrected chi connectivity index (χ1v) is 12.1. The summed E-state index contributed by atoms with van der Waals surface area (Å²) in [6.45, 7) is 3.00. The summed E-state index contributed by atoms with van der Waals surface area (Å²) in [5.74, 6) is 2.15. The van der Waals surface area contributed by atoms with Gasteiger partial charge in [0.2, 0.25) is 5.82 Å². The molecule has 3 heterocycles. The quantitative estimate of drug-likeness (QED) is 0.321. The summed E-state index contributed by atoms with van der Waals surface area (Å²) < 4.78 is 23.4. The lowest BCUT2D eigenvalue weighted by Crippen LogP contribution is -2.19. The lowest BCUT2D eigenvalue weighted by atomic mass is 9.91. The van der Waals surface area contributed by atoms with Gasteiger partial charge in [-0.25, -0.2) is 0 Å². The first-order chi connectivity index (χ1) is 17.7. The highest BCUT2D eigenvalue weighted by molar-refractivity contribution is 5.59. The van der Waals surface area contributed by atoms with E-state index in [0.29, 0.717) is 43.0 Å². The molecule has 0 bridgehead atoms. The lowest BCUT2D eigenvalue weighted by Gasteiger charge is -2.22. The van der Waals surface area contributed by atoms with Crippen molar-refractivity contribution in [3.05, 3.63) is 88.3 Å². The van der Waals surface area contributed by atoms with Crippen LogP contribution in [0.25, 0.3) is 22.8 Å². The van der Waals surface area contributed by atoms with Crippen LogP contribution in [0.3, 0.4) is 0 Å². The Morgan fingerprint density at radius 2 is 1.81 bits per heavy atom. The number of methoxy groups -OCH3 is 1. The van der Waals surface area contributed by atoms with Gasteiger partial charge in [-0.3, -0.25) is 4.79 Å². The number of rotatable bonds is 9. The molecule has 0 unspecified atom stereocenters. The molecular weight excluding hydrogens is 458 g/mol. The van der Waals surface area contributed by atoms with Gasteiger partial charge in [0.15, 0.2) is 0 Å². The Morgan fingerprint density at radius 1 is 1.00 bits per heavy atom. The van der Waals surface area contributed by atoms with Gasteiger partial charge in [-0.1, -0.05) is 29.4 Å². The van der Waals surface area contributed by atoms with E-state index in [1.165, 1.54) is 11.6 Å². The van der Waals surface area contributed by atoms with Crippen molar-refractivity contribution in [1.82, 2.24) is 14.7 Å². The van der Waals surface area contributed by atoms with Crippen LogP contribution < -0.4 is 10.3 Å². The van der Waals surface area contributed by atoms with Crippen LogP contribution in [0.4, 0.5) is 0 Å². The monoisotopic (exact) mass is 487 g/mol. The number of nitrogens with zero attached hydrogens (tertiary/aromatic N) is 3. The van der Waals surface area contributed by atoms with Crippen molar-refractivity contribution < 1.29 is 18.7 Å². The summed E-state index contributed by atoms with van der Waals surface area (Å²) in [5, 5.41) is 4.16. The third-order valence-corrected chi connectivity index (χ3v) is 6.33. The van der Waals surface area contributed by atoms with E-state index >= 15 is 0 Å².